The smallest absolute Gasteiger partial charge is 0.228 e. The molecule has 0 N–H and O–H groups in total. The highest BCUT2D eigenvalue weighted by Crippen LogP contribution is 2.32. The predicted octanol–water partition coefficient (Wildman–Crippen LogP) is 4.38. The van der Waals surface area contributed by atoms with Gasteiger partial charge in [0.1, 0.15) is 0 Å². The second-order valence-corrected chi connectivity index (χ2v) is 9.10. The lowest BCUT2D eigenvalue weighted by Gasteiger charge is -2.36. The Morgan fingerprint density at radius 2 is 1.93 bits per heavy atom. The zero-order valence-electron chi connectivity index (χ0n) is 15.6. The molecule has 1 aromatic carbocycles. The summed E-state index contributed by atoms with van der Waals surface area (Å²) in [7, 11) is 0. The van der Waals surface area contributed by atoms with Gasteiger partial charge in [0.05, 0.1) is 22.0 Å². The normalized spacial score (nSPS) is 14.6. The monoisotopic (exact) mass is 397 g/mol. The van der Waals surface area contributed by atoms with Crippen molar-refractivity contribution in [3.63, 3.8) is 0 Å². The molecule has 0 bridgehead atoms. The average molecular weight is 398 g/mol. The Balaban J connectivity index is 1.41. The summed E-state index contributed by atoms with van der Waals surface area (Å²) >= 11 is 3.32. The van der Waals surface area contributed by atoms with E-state index in [1.54, 1.807) is 22.7 Å². The Bertz CT molecular complexity index is 925. The van der Waals surface area contributed by atoms with E-state index in [0.717, 1.165) is 46.6 Å². The van der Waals surface area contributed by atoms with Gasteiger partial charge in [0, 0.05) is 36.7 Å². The maximum atomic E-state index is 12.9. The van der Waals surface area contributed by atoms with E-state index >= 15 is 0 Å². The van der Waals surface area contributed by atoms with Crippen LogP contribution < -0.4 is 4.90 Å². The van der Waals surface area contributed by atoms with Crippen LogP contribution in [0.4, 0.5) is 5.69 Å². The molecule has 3 heterocycles. The number of amides is 1. The first-order valence-electron chi connectivity index (χ1n) is 9.20. The lowest BCUT2D eigenvalue weighted by molar-refractivity contribution is -0.130. The standard InChI is InChI=1S/C21H23N3OS2/c1-15-5-3-6-17(13-15)23-8-10-24(11-9-23)20(25)14-19-21(22-16(2)27-19)18-7-4-12-26-18/h3-7,12-13H,8-11,14H2,1-2H3. The third-order valence-corrected chi connectivity index (χ3v) is 6.72. The summed E-state index contributed by atoms with van der Waals surface area (Å²) < 4.78 is 0. The van der Waals surface area contributed by atoms with Gasteiger partial charge in [-0.05, 0) is 43.0 Å². The van der Waals surface area contributed by atoms with Crippen molar-refractivity contribution in [2.45, 2.75) is 20.3 Å². The van der Waals surface area contributed by atoms with Crippen LogP contribution in [0.3, 0.4) is 0 Å². The predicted molar refractivity (Wildman–Crippen MR) is 114 cm³/mol. The van der Waals surface area contributed by atoms with E-state index in [-0.39, 0.29) is 5.91 Å². The summed E-state index contributed by atoms with van der Waals surface area (Å²) in [6, 6.07) is 12.7. The molecule has 1 aliphatic rings. The topological polar surface area (TPSA) is 36.4 Å². The number of aryl methyl sites for hydroxylation is 2. The molecule has 4 nitrogen and oxygen atoms in total. The molecular formula is C21H23N3OS2. The van der Waals surface area contributed by atoms with Gasteiger partial charge in [-0.2, -0.15) is 0 Å². The lowest BCUT2D eigenvalue weighted by Crippen LogP contribution is -2.49. The van der Waals surface area contributed by atoms with Crippen LogP contribution in [-0.2, 0) is 11.2 Å². The van der Waals surface area contributed by atoms with Crippen LogP contribution in [0.25, 0.3) is 10.6 Å². The lowest BCUT2D eigenvalue weighted by atomic mass is 10.2. The fourth-order valence-corrected chi connectivity index (χ4v) is 5.23. The number of piperazine rings is 1. The van der Waals surface area contributed by atoms with Gasteiger partial charge in [-0.3, -0.25) is 4.79 Å². The summed E-state index contributed by atoms with van der Waals surface area (Å²) in [6.45, 7) is 7.45. The van der Waals surface area contributed by atoms with Crippen LogP contribution in [0.5, 0.6) is 0 Å². The van der Waals surface area contributed by atoms with E-state index in [0.29, 0.717) is 6.42 Å². The van der Waals surface area contributed by atoms with Crippen LogP contribution in [0.15, 0.2) is 41.8 Å². The Morgan fingerprint density at radius 3 is 2.63 bits per heavy atom. The number of thiazole rings is 1. The molecule has 0 unspecified atom stereocenters. The quantitative estimate of drug-likeness (QED) is 0.655. The van der Waals surface area contributed by atoms with Crippen molar-refractivity contribution >= 4 is 34.3 Å². The summed E-state index contributed by atoms with van der Waals surface area (Å²) in [5.74, 6) is 0.209. The number of benzene rings is 1. The third kappa shape index (κ3) is 4.06. The fraction of sp³-hybridized carbons (Fsp3) is 0.333. The number of thiophene rings is 1. The van der Waals surface area contributed by atoms with Gasteiger partial charge in [0.2, 0.25) is 5.91 Å². The first-order chi connectivity index (χ1) is 13.1. The summed E-state index contributed by atoms with van der Waals surface area (Å²) in [6.07, 6.45) is 0.448. The minimum absolute atomic E-state index is 0.209. The molecule has 3 aromatic rings. The van der Waals surface area contributed by atoms with Gasteiger partial charge in [-0.15, -0.1) is 22.7 Å². The highest BCUT2D eigenvalue weighted by molar-refractivity contribution is 7.15. The summed E-state index contributed by atoms with van der Waals surface area (Å²) in [5.41, 5.74) is 3.51. The molecule has 1 fully saturated rings. The molecule has 2 aromatic heterocycles. The summed E-state index contributed by atoms with van der Waals surface area (Å²) in [4.78, 5) is 24.1. The van der Waals surface area contributed by atoms with Gasteiger partial charge in [0.15, 0.2) is 0 Å². The van der Waals surface area contributed by atoms with Gasteiger partial charge in [-0.1, -0.05) is 18.2 Å². The van der Waals surface area contributed by atoms with Crippen molar-refractivity contribution in [2.75, 3.05) is 31.1 Å². The zero-order chi connectivity index (χ0) is 18.8. The number of hydrogen-bond donors (Lipinski definition) is 0. The first-order valence-corrected chi connectivity index (χ1v) is 10.9. The van der Waals surface area contributed by atoms with Crippen molar-refractivity contribution in [3.05, 3.63) is 57.2 Å². The number of hydrogen-bond acceptors (Lipinski definition) is 5. The Labute approximate surface area is 168 Å². The highest BCUT2D eigenvalue weighted by atomic mass is 32.1. The molecule has 27 heavy (non-hydrogen) atoms. The average Bonchev–Trinajstić information content (AvgIpc) is 3.31. The molecule has 0 atom stereocenters. The van der Waals surface area contributed by atoms with Crippen LogP contribution in [-0.4, -0.2) is 42.0 Å². The Hall–Kier alpha value is -2.18. The summed E-state index contributed by atoms with van der Waals surface area (Å²) in [5, 5.41) is 3.07. The SMILES string of the molecule is Cc1cccc(N2CCN(C(=O)Cc3sc(C)nc3-c3cccs3)CC2)c1. The fourth-order valence-electron chi connectivity index (χ4n) is 3.48. The molecule has 0 radical (unpaired) electrons. The molecule has 1 saturated heterocycles. The van der Waals surface area contributed by atoms with Crippen molar-refractivity contribution < 1.29 is 4.79 Å². The Kier molecular flexibility index (Phi) is 5.27. The molecule has 4 rings (SSSR count). The molecule has 0 aliphatic carbocycles. The number of anilines is 1. The van der Waals surface area contributed by atoms with Crippen molar-refractivity contribution in [3.8, 4) is 10.6 Å². The number of carbonyl (C=O) groups is 1. The zero-order valence-corrected chi connectivity index (χ0v) is 17.3. The van der Waals surface area contributed by atoms with Crippen LogP contribution in [0.1, 0.15) is 15.4 Å². The maximum absolute atomic E-state index is 12.9. The van der Waals surface area contributed by atoms with E-state index in [9.17, 15) is 4.79 Å². The molecule has 140 valence electrons. The van der Waals surface area contributed by atoms with Gasteiger partial charge in [0.25, 0.3) is 0 Å². The second-order valence-electron chi connectivity index (χ2n) is 6.87. The van der Waals surface area contributed by atoms with Crippen LogP contribution >= 0.6 is 22.7 Å². The molecular weight excluding hydrogens is 374 g/mol. The largest absolute Gasteiger partial charge is 0.368 e. The van der Waals surface area contributed by atoms with E-state index in [2.05, 4.69) is 52.5 Å². The van der Waals surface area contributed by atoms with Crippen molar-refractivity contribution in [1.82, 2.24) is 9.88 Å². The molecule has 0 saturated carbocycles. The number of nitrogens with zero attached hydrogens (tertiary/aromatic N) is 3. The van der Waals surface area contributed by atoms with Crippen LogP contribution in [0.2, 0.25) is 0 Å². The number of rotatable bonds is 4. The highest BCUT2D eigenvalue weighted by Gasteiger charge is 2.23. The number of carbonyl (C=O) groups excluding carboxylic acids is 1. The van der Waals surface area contributed by atoms with E-state index in [1.807, 2.05) is 17.9 Å². The van der Waals surface area contributed by atoms with E-state index < -0.39 is 0 Å². The molecule has 0 spiro atoms. The van der Waals surface area contributed by atoms with Crippen molar-refractivity contribution in [2.24, 2.45) is 0 Å². The van der Waals surface area contributed by atoms with Gasteiger partial charge in [-0.25, -0.2) is 4.98 Å². The minimum atomic E-state index is 0.209. The second kappa shape index (κ2) is 7.82. The number of aromatic nitrogens is 1. The Morgan fingerprint density at radius 1 is 1.11 bits per heavy atom. The maximum Gasteiger partial charge on any atom is 0.228 e. The van der Waals surface area contributed by atoms with E-state index in [4.69, 9.17) is 0 Å². The third-order valence-electron chi connectivity index (χ3n) is 4.87. The van der Waals surface area contributed by atoms with Gasteiger partial charge >= 0.3 is 0 Å². The first kappa shape index (κ1) is 18.2. The van der Waals surface area contributed by atoms with E-state index in [1.165, 1.54) is 11.3 Å². The molecule has 6 heteroatoms. The molecule has 1 aliphatic heterocycles. The van der Waals surface area contributed by atoms with Gasteiger partial charge < -0.3 is 9.80 Å². The molecule has 1 amide bonds. The van der Waals surface area contributed by atoms with Crippen molar-refractivity contribution in [1.29, 1.82) is 0 Å². The van der Waals surface area contributed by atoms with Crippen LogP contribution in [0, 0.1) is 13.8 Å². The minimum Gasteiger partial charge on any atom is -0.368 e.